The summed E-state index contributed by atoms with van der Waals surface area (Å²) < 4.78 is 13.5. The van der Waals surface area contributed by atoms with Crippen LogP contribution >= 0.6 is 15.9 Å². The second-order valence-corrected chi connectivity index (χ2v) is 7.11. The van der Waals surface area contributed by atoms with Crippen molar-refractivity contribution in [2.75, 3.05) is 13.1 Å². The van der Waals surface area contributed by atoms with E-state index in [0.29, 0.717) is 35.3 Å². The molecule has 2 aromatic heterocycles. The van der Waals surface area contributed by atoms with E-state index < -0.39 is 0 Å². The number of carbonyl (C=O) groups is 1. The molecule has 2 aromatic rings. The Morgan fingerprint density at radius 1 is 1.29 bits per heavy atom. The van der Waals surface area contributed by atoms with Gasteiger partial charge in [0.05, 0.1) is 13.1 Å². The Kier molecular flexibility index (Phi) is 3.75. The maximum Gasteiger partial charge on any atom is 0.289 e. The van der Waals surface area contributed by atoms with Crippen LogP contribution in [0.2, 0.25) is 0 Å². The molecule has 1 aliphatic carbocycles. The van der Waals surface area contributed by atoms with Crippen LogP contribution in [0.1, 0.15) is 35.1 Å². The van der Waals surface area contributed by atoms with E-state index in [1.165, 1.54) is 0 Å². The van der Waals surface area contributed by atoms with Crippen molar-refractivity contribution in [2.45, 2.75) is 31.9 Å². The van der Waals surface area contributed by atoms with Gasteiger partial charge in [-0.05, 0) is 53.9 Å². The number of rotatable bonds is 4. The number of halogens is 1. The molecule has 7 heteroatoms. The Bertz CT molecular complexity index is 847. The summed E-state index contributed by atoms with van der Waals surface area (Å²) in [5, 5.41) is 0. The fraction of sp³-hybridized carbons (Fsp3) is 0.412. The van der Waals surface area contributed by atoms with Crippen LogP contribution < -0.4 is 10.3 Å². The third-order valence-corrected chi connectivity index (χ3v) is 4.79. The molecular weight excluding hydrogens is 376 g/mol. The van der Waals surface area contributed by atoms with Crippen LogP contribution in [0.25, 0.3) is 0 Å². The van der Waals surface area contributed by atoms with Crippen LogP contribution in [0.4, 0.5) is 0 Å². The molecule has 0 bridgehead atoms. The SMILES string of the molecule is Cc1cc(OC2CN(C(=O)c3ccc(Br)o3)C2)cc(=O)n1C1CC1. The zero-order chi connectivity index (χ0) is 16.8. The number of nitrogens with zero attached hydrogens (tertiary/aromatic N) is 2. The predicted octanol–water partition coefficient (Wildman–Crippen LogP) is 2.75. The van der Waals surface area contributed by atoms with Crippen molar-refractivity contribution in [2.24, 2.45) is 0 Å². The molecule has 2 aliphatic rings. The second kappa shape index (κ2) is 5.81. The first-order chi connectivity index (χ1) is 11.5. The van der Waals surface area contributed by atoms with E-state index in [-0.39, 0.29) is 17.6 Å². The van der Waals surface area contributed by atoms with Gasteiger partial charge in [0.2, 0.25) is 0 Å². The summed E-state index contributed by atoms with van der Waals surface area (Å²) in [6, 6.07) is 7.13. The van der Waals surface area contributed by atoms with Crippen molar-refractivity contribution in [3.05, 3.63) is 50.7 Å². The molecule has 3 heterocycles. The molecule has 0 spiro atoms. The number of carbonyl (C=O) groups excluding carboxylic acids is 1. The molecule has 1 amide bonds. The Balaban J connectivity index is 1.38. The van der Waals surface area contributed by atoms with Crippen LogP contribution in [-0.2, 0) is 0 Å². The van der Waals surface area contributed by atoms with Gasteiger partial charge in [0.1, 0.15) is 11.9 Å². The van der Waals surface area contributed by atoms with E-state index in [4.69, 9.17) is 9.15 Å². The third-order valence-electron chi connectivity index (χ3n) is 4.37. The Morgan fingerprint density at radius 2 is 2.04 bits per heavy atom. The molecule has 24 heavy (non-hydrogen) atoms. The van der Waals surface area contributed by atoms with E-state index in [1.54, 1.807) is 23.1 Å². The molecular formula is C17H17BrN2O4. The van der Waals surface area contributed by atoms with Crippen molar-refractivity contribution < 1.29 is 13.9 Å². The van der Waals surface area contributed by atoms with Gasteiger partial charge in [-0.25, -0.2) is 0 Å². The van der Waals surface area contributed by atoms with Gasteiger partial charge in [-0.2, -0.15) is 0 Å². The zero-order valence-electron chi connectivity index (χ0n) is 13.2. The third kappa shape index (κ3) is 2.88. The van der Waals surface area contributed by atoms with Crippen LogP contribution in [0.3, 0.4) is 0 Å². The lowest BCUT2D eigenvalue weighted by Gasteiger charge is -2.38. The molecule has 1 saturated carbocycles. The van der Waals surface area contributed by atoms with E-state index >= 15 is 0 Å². The highest BCUT2D eigenvalue weighted by molar-refractivity contribution is 9.10. The van der Waals surface area contributed by atoms with Crippen molar-refractivity contribution in [1.82, 2.24) is 9.47 Å². The first-order valence-electron chi connectivity index (χ1n) is 7.96. The van der Waals surface area contributed by atoms with Crippen LogP contribution in [0.15, 0.2) is 38.1 Å². The van der Waals surface area contributed by atoms with Gasteiger partial charge in [0, 0.05) is 17.8 Å². The predicted molar refractivity (Wildman–Crippen MR) is 90.4 cm³/mol. The molecule has 0 unspecified atom stereocenters. The second-order valence-electron chi connectivity index (χ2n) is 6.33. The van der Waals surface area contributed by atoms with Gasteiger partial charge in [0.25, 0.3) is 11.5 Å². The number of aryl methyl sites for hydroxylation is 1. The zero-order valence-corrected chi connectivity index (χ0v) is 14.8. The summed E-state index contributed by atoms with van der Waals surface area (Å²) in [5.74, 6) is 0.733. The molecule has 126 valence electrons. The highest BCUT2D eigenvalue weighted by Gasteiger charge is 2.34. The molecule has 0 N–H and O–H groups in total. The van der Waals surface area contributed by atoms with Crippen molar-refractivity contribution in [3.8, 4) is 5.75 Å². The highest BCUT2D eigenvalue weighted by atomic mass is 79.9. The first-order valence-corrected chi connectivity index (χ1v) is 8.75. The number of amides is 1. The number of pyridine rings is 1. The molecule has 2 fully saturated rings. The highest BCUT2D eigenvalue weighted by Crippen LogP contribution is 2.35. The summed E-state index contributed by atoms with van der Waals surface area (Å²) in [5.41, 5.74) is 0.910. The lowest BCUT2D eigenvalue weighted by molar-refractivity contribution is 0.0153. The van der Waals surface area contributed by atoms with E-state index in [2.05, 4.69) is 15.9 Å². The Morgan fingerprint density at radius 3 is 2.62 bits per heavy atom. The number of hydrogen-bond donors (Lipinski definition) is 0. The number of hydrogen-bond acceptors (Lipinski definition) is 4. The van der Waals surface area contributed by atoms with E-state index in [1.807, 2.05) is 17.6 Å². The average molecular weight is 393 g/mol. The lowest BCUT2D eigenvalue weighted by Crippen LogP contribution is -2.56. The number of likely N-dealkylation sites (tertiary alicyclic amines) is 1. The minimum Gasteiger partial charge on any atom is -0.486 e. The van der Waals surface area contributed by atoms with Crippen LogP contribution in [0.5, 0.6) is 5.75 Å². The minimum atomic E-state index is -0.152. The summed E-state index contributed by atoms with van der Waals surface area (Å²) in [6.45, 7) is 2.90. The molecule has 0 aromatic carbocycles. The summed E-state index contributed by atoms with van der Waals surface area (Å²) in [4.78, 5) is 26.0. The normalized spacial score (nSPS) is 17.7. The van der Waals surface area contributed by atoms with Crippen LogP contribution in [0, 0.1) is 6.92 Å². The maximum atomic E-state index is 12.2. The molecule has 0 atom stereocenters. The number of furan rings is 1. The lowest BCUT2D eigenvalue weighted by atomic mass is 10.1. The number of ether oxygens (including phenoxy) is 1. The smallest absolute Gasteiger partial charge is 0.289 e. The molecule has 6 nitrogen and oxygen atoms in total. The van der Waals surface area contributed by atoms with Gasteiger partial charge in [-0.3, -0.25) is 9.59 Å². The summed E-state index contributed by atoms with van der Waals surface area (Å²) in [7, 11) is 0. The van der Waals surface area contributed by atoms with Crippen molar-refractivity contribution in [1.29, 1.82) is 0 Å². The minimum absolute atomic E-state index is 0.0137. The molecule has 0 radical (unpaired) electrons. The largest absolute Gasteiger partial charge is 0.486 e. The van der Waals surface area contributed by atoms with Gasteiger partial charge in [-0.15, -0.1) is 0 Å². The van der Waals surface area contributed by atoms with Gasteiger partial charge >= 0.3 is 0 Å². The molecule has 1 aliphatic heterocycles. The molecule has 4 rings (SSSR count). The Labute approximate surface area is 147 Å². The number of aromatic nitrogens is 1. The van der Waals surface area contributed by atoms with E-state index in [9.17, 15) is 9.59 Å². The van der Waals surface area contributed by atoms with Crippen molar-refractivity contribution >= 4 is 21.8 Å². The fourth-order valence-electron chi connectivity index (χ4n) is 3.01. The summed E-state index contributed by atoms with van der Waals surface area (Å²) in [6.07, 6.45) is 2.05. The fourth-order valence-corrected chi connectivity index (χ4v) is 3.31. The van der Waals surface area contributed by atoms with Gasteiger partial charge in [0.15, 0.2) is 10.4 Å². The average Bonchev–Trinajstić information content (AvgIpc) is 3.21. The topological polar surface area (TPSA) is 64.7 Å². The van der Waals surface area contributed by atoms with Gasteiger partial charge < -0.3 is 18.6 Å². The summed E-state index contributed by atoms with van der Waals surface area (Å²) >= 11 is 3.19. The van der Waals surface area contributed by atoms with Crippen LogP contribution in [-0.4, -0.2) is 34.6 Å². The molecule has 1 saturated heterocycles. The van der Waals surface area contributed by atoms with E-state index in [0.717, 1.165) is 18.5 Å². The quantitative estimate of drug-likeness (QED) is 0.802. The standard InChI is InChI=1S/C17H17BrN2O4/c1-10-6-12(7-16(21)20(10)11-2-3-11)23-13-8-19(9-13)17(22)14-4-5-15(18)24-14/h4-7,11,13H,2-3,8-9H2,1H3. The monoisotopic (exact) mass is 392 g/mol. The van der Waals surface area contributed by atoms with Crippen molar-refractivity contribution in [3.63, 3.8) is 0 Å². The maximum absolute atomic E-state index is 12.2. The van der Waals surface area contributed by atoms with Gasteiger partial charge in [-0.1, -0.05) is 0 Å². The first kappa shape index (κ1) is 15.5. The Hall–Kier alpha value is -2.02.